The fourth-order valence-corrected chi connectivity index (χ4v) is 3.58. The summed E-state index contributed by atoms with van der Waals surface area (Å²) in [4.78, 5) is 3.82. The zero-order chi connectivity index (χ0) is 14.0. The van der Waals surface area contributed by atoms with Crippen LogP contribution in [-0.4, -0.2) is 18.5 Å². The van der Waals surface area contributed by atoms with Crippen molar-refractivity contribution in [3.05, 3.63) is 40.5 Å². The van der Waals surface area contributed by atoms with E-state index in [9.17, 15) is 8.42 Å². The Kier molecular flexibility index (Phi) is 3.93. The van der Waals surface area contributed by atoms with Crippen LogP contribution in [0, 0.1) is 6.92 Å². The van der Waals surface area contributed by atoms with Crippen LogP contribution >= 0.6 is 15.9 Å². The number of nitrogens with one attached hydrogen (secondary N) is 1. The second-order valence-corrected chi connectivity index (χ2v) is 6.18. The summed E-state index contributed by atoms with van der Waals surface area (Å²) in [5.41, 5.74) is 1.14. The highest BCUT2D eigenvalue weighted by Crippen LogP contribution is 2.28. The number of nitrogens with zero attached hydrogens (tertiary/aromatic N) is 1. The Morgan fingerprint density at radius 1 is 1.53 bits per heavy atom. The third kappa shape index (κ3) is 2.96. The number of anilines is 1. The molecule has 0 saturated carbocycles. The first-order chi connectivity index (χ1) is 8.94. The minimum Gasteiger partial charge on any atom is -0.450 e. The molecule has 2 N–H and O–H groups in total. The van der Waals surface area contributed by atoms with Gasteiger partial charge in [-0.3, -0.25) is 9.71 Å². The van der Waals surface area contributed by atoms with Gasteiger partial charge in [-0.15, -0.1) is 0 Å². The van der Waals surface area contributed by atoms with E-state index >= 15 is 0 Å². The van der Waals surface area contributed by atoms with E-state index in [0.29, 0.717) is 11.3 Å². The third-order valence-electron chi connectivity index (χ3n) is 2.42. The molecule has 2 heterocycles. The predicted molar refractivity (Wildman–Crippen MR) is 72.1 cm³/mol. The van der Waals surface area contributed by atoms with E-state index in [1.165, 1.54) is 12.3 Å². The van der Waals surface area contributed by atoms with Crippen molar-refractivity contribution in [1.82, 2.24) is 4.98 Å². The van der Waals surface area contributed by atoms with E-state index < -0.39 is 10.0 Å². The zero-order valence-electron chi connectivity index (χ0n) is 9.92. The van der Waals surface area contributed by atoms with Gasteiger partial charge in [0, 0.05) is 18.5 Å². The number of rotatable bonds is 4. The van der Waals surface area contributed by atoms with E-state index in [2.05, 4.69) is 25.6 Å². The molecule has 0 amide bonds. The van der Waals surface area contributed by atoms with Gasteiger partial charge in [-0.1, -0.05) is 0 Å². The van der Waals surface area contributed by atoms with Crippen LogP contribution in [0.4, 0.5) is 5.69 Å². The SMILES string of the molecule is Cc1cnccc1NS(=O)(=O)c1cc(CO)oc1Br. The summed E-state index contributed by atoms with van der Waals surface area (Å²) in [6, 6.07) is 2.83. The first-order valence-electron chi connectivity index (χ1n) is 5.26. The van der Waals surface area contributed by atoms with Crippen molar-refractivity contribution in [2.24, 2.45) is 0 Å². The van der Waals surface area contributed by atoms with Gasteiger partial charge in [0.25, 0.3) is 10.0 Å². The molecule has 8 heteroatoms. The lowest BCUT2D eigenvalue weighted by molar-refractivity contribution is 0.245. The fraction of sp³-hybridized carbons (Fsp3) is 0.182. The van der Waals surface area contributed by atoms with Gasteiger partial charge in [-0.25, -0.2) is 8.42 Å². The van der Waals surface area contributed by atoms with Crippen LogP contribution in [0.5, 0.6) is 0 Å². The highest BCUT2D eigenvalue weighted by Gasteiger charge is 2.23. The average Bonchev–Trinajstić information content (AvgIpc) is 2.74. The smallest absolute Gasteiger partial charge is 0.266 e. The van der Waals surface area contributed by atoms with Gasteiger partial charge < -0.3 is 9.52 Å². The van der Waals surface area contributed by atoms with E-state index in [1.54, 1.807) is 19.2 Å². The van der Waals surface area contributed by atoms with Crippen molar-refractivity contribution >= 4 is 31.6 Å². The van der Waals surface area contributed by atoms with Gasteiger partial charge in [0.15, 0.2) is 4.67 Å². The van der Waals surface area contributed by atoms with E-state index in [1.807, 2.05) is 0 Å². The van der Waals surface area contributed by atoms with Crippen molar-refractivity contribution in [2.45, 2.75) is 18.4 Å². The second kappa shape index (κ2) is 5.32. The molecule has 0 aliphatic heterocycles. The van der Waals surface area contributed by atoms with Crippen LogP contribution in [0.3, 0.4) is 0 Å². The lowest BCUT2D eigenvalue weighted by Gasteiger charge is -2.08. The Morgan fingerprint density at radius 3 is 2.84 bits per heavy atom. The van der Waals surface area contributed by atoms with E-state index in [-0.39, 0.29) is 21.9 Å². The molecular weight excluding hydrogens is 336 g/mol. The Labute approximate surface area is 118 Å². The van der Waals surface area contributed by atoms with Gasteiger partial charge in [-0.05, 0) is 34.5 Å². The van der Waals surface area contributed by atoms with Crippen molar-refractivity contribution < 1.29 is 17.9 Å². The summed E-state index contributed by atoms with van der Waals surface area (Å²) in [5, 5.41) is 8.94. The van der Waals surface area contributed by atoms with Crippen molar-refractivity contribution in [3.63, 3.8) is 0 Å². The second-order valence-electron chi connectivity index (χ2n) is 3.80. The van der Waals surface area contributed by atoms with Crippen LogP contribution in [0.15, 0.2) is 38.5 Å². The first-order valence-corrected chi connectivity index (χ1v) is 7.54. The minimum absolute atomic E-state index is 0.0516. The molecule has 0 saturated heterocycles. The van der Waals surface area contributed by atoms with Crippen LogP contribution in [0.25, 0.3) is 0 Å². The van der Waals surface area contributed by atoms with Gasteiger partial charge >= 0.3 is 0 Å². The molecule has 2 rings (SSSR count). The molecule has 102 valence electrons. The maximum absolute atomic E-state index is 12.2. The van der Waals surface area contributed by atoms with Crippen LogP contribution in [0.2, 0.25) is 0 Å². The van der Waals surface area contributed by atoms with Crippen LogP contribution < -0.4 is 4.72 Å². The summed E-state index contributed by atoms with van der Waals surface area (Å²) in [5.74, 6) is 0.165. The summed E-state index contributed by atoms with van der Waals surface area (Å²) in [7, 11) is -3.79. The van der Waals surface area contributed by atoms with Crippen LogP contribution in [-0.2, 0) is 16.6 Å². The van der Waals surface area contributed by atoms with Gasteiger partial charge in [0.1, 0.15) is 17.3 Å². The number of pyridine rings is 1. The summed E-state index contributed by atoms with van der Waals surface area (Å²) in [6.45, 7) is 1.37. The summed E-state index contributed by atoms with van der Waals surface area (Å²) >= 11 is 3.02. The van der Waals surface area contributed by atoms with Gasteiger partial charge in [-0.2, -0.15) is 0 Å². The molecule has 2 aromatic rings. The largest absolute Gasteiger partial charge is 0.450 e. The summed E-state index contributed by atoms with van der Waals surface area (Å²) in [6.07, 6.45) is 3.05. The Hall–Kier alpha value is -1.38. The van der Waals surface area contributed by atoms with E-state index in [4.69, 9.17) is 9.52 Å². The minimum atomic E-state index is -3.79. The quantitative estimate of drug-likeness (QED) is 0.883. The number of hydrogen-bond donors (Lipinski definition) is 2. The molecule has 0 radical (unpaired) electrons. The van der Waals surface area contributed by atoms with Crippen molar-refractivity contribution in [3.8, 4) is 0 Å². The number of furan rings is 1. The topological polar surface area (TPSA) is 92.4 Å². The number of sulfonamides is 1. The lowest BCUT2D eigenvalue weighted by atomic mass is 10.3. The highest BCUT2D eigenvalue weighted by atomic mass is 79.9. The fourth-order valence-electron chi connectivity index (χ4n) is 1.45. The molecule has 0 bridgehead atoms. The molecule has 0 fully saturated rings. The Balaban J connectivity index is 2.38. The Bertz CT molecular complexity index is 696. The molecule has 0 aliphatic rings. The predicted octanol–water partition coefficient (Wildman–Crippen LogP) is 2.04. The molecule has 0 unspecified atom stereocenters. The number of hydrogen-bond acceptors (Lipinski definition) is 5. The third-order valence-corrected chi connectivity index (χ3v) is 4.64. The highest BCUT2D eigenvalue weighted by molar-refractivity contribution is 9.10. The van der Waals surface area contributed by atoms with Crippen molar-refractivity contribution in [1.29, 1.82) is 0 Å². The molecule has 19 heavy (non-hydrogen) atoms. The number of aliphatic hydroxyl groups is 1. The number of halogens is 1. The monoisotopic (exact) mass is 346 g/mol. The van der Waals surface area contributed by atoms with Crippen molar-refractivity contribution in [2.75, 3.05) is 4.72 Å². The molecule has 6 nitrogen and oxygen atoms in total. The average molecular weight is 347 g/mol. The number of aryl methyl sites for hydroxylation is 1. The zero-order valence-corrected chi connectivity index (χ0v) is 12.3. The molecule has 0 atom stereocenters. The number of aromatic nitrogens is 1. The maximum atomic E-state index is 12.2. The first kappa shape index (κ1) is 14.0. The molecule has 0 spiro atoms. The van der Waals surface area contributed by atoms with Crippen LogP contribution in [0.1, 0.15) is 11.3 Å². The standard InChI is InChI=1S/C11H11BrN2O4S/c1-7-5-13-3-2-9(7)14-19(16,17)10-4-8(6-15)18-11(10)12/h2-5,15H,6H2,1H3,(H,13,14). The van der Waals surface area contributed by atoms with Gasteiger partial charge in [0.05, 0.1) is 5.69 Å². The maximum Gasteiger partial charge on any atom is 0.266 e. The normalized spacial score (nSPS) is 11.5. The molecule has 0 aliphatic carbocycles. The van der Waals surface area contributed by atoms with E-state index in [0.717, 1.165) is 0 Å². The number of aliphatic hydroxyl groups excluding tert-OH is 1. The lowest BCUT2D eigenvalue weighted by Crippen LogP contribution is -2.13. The Morgan fingerprint density at radius 2 is 2.26 bits per heavy atom. The molecule has 2 aromatic heterocycles. The summed E-state index contributed by atoms with van der Waals surface area (Å²) < 4.78 is 31.9. The molecule has 0 aromatic carbocycles. The van der Waals surface area contributed by atoms with Gasteiger partial charge in [0.2, 0.25) is 0 Å². The molecular formula is C11H11BrN2O4S.